The number of methoxy groups -OCH3 is 2. The summed E-state index contributed by atoms with van der Waals surface area (Å²) in [4.78, 5) is 17.2. The maximum absolute atomic E-state index is 13.0. The average Bonchev–Trinajstić information content (AvgIpc) is 3.29. The van der Waals surface area contributed by atoms with Crippen LogP contribution in [0.3, 0.4) is 0 Å². The molecular formula is C23H29NO6S. The standard InChI is InChI=1S/C23H29NO6S/c1-23(2)17-6-5-15(28-12-26-3)9-16(17)21-19(29-13-27-4)7-14(8-20(21)30-23)22(25)18-10-31-11-24-18/h7-8,10-11,15-17H,5-6,9,12-13H2,1-4H3/t15-,16-,17-/m1/s1. The zero-order chi connectivity index (χ0) is 22.0. The summed E-state index contributed by atoms with van der Waals surface area (Å²) in [6.45, 7) is 4.61. The second-order valence-electron chi connectivity index (χ2n) is 8.57. The molecule has 0 amide bonds. The molecule has 8 heteroatoms. The molecule has 1 fully saturated rings. The lowest BCUT2D eigenvalue weighted by atomic mass is 9.65. The van der Waals surface area contributed by atoms with Crippen molar-refractivity contribution in [3.8, 4) is 11.5 Å². The molecule has 0 radical (unpaired) electrons. The molecule has 168 valence electrons. The largest absolute Gasteiger partial charge is 0.487 e. The highest BCUT2D eigenvalue weighted by Crippen LogP contribution is 2.55. The van der Waals surface area contributed by atoms with Gasteiger partial charge < -0.3 is 23.7 Å². The molecule has 1 aromatic carbocycles. The second-order valence-corrected chi connectivity index (χ2v) is 9.29. The van der Waals surface area contributed by atoms with Gasteiger partial charge in [0.25, 0.3) is 0 Å². The second kappa shape index (κ2) is 9.24. The van der Waals surface area contributed by atoms with E-state index in [1.165, 1.54) is 11.3 Å². The van der Waals surface area contributed by atoms with Crippen LogP contribution >= 0.6 is 11.3 Å². The van der Waals surface area contributed by atoms with Crippen LogP contribution in [-0.2, 0) is 14.2 Å². The Morgan fingerprint density at radius 2 is 2.03 bits per heavy atom. The van der Waals surface area contributed by atoms with E-state index in [1.54, 1.807) is 31.2 Å². The van der Waals surface area contributed by atoms with Gasteiger partial charge in [0.05, 0.1) is 11.6 Å². The fourth-order valence-corrected chi connectivity index (χ4v) is 5.39. The van der Waals surface area contributed by atoms with Crippen LogP contribution in [0.25, 0.3) is 0 Å². The molecule has 2 aliphatic rings. The summed E-state index contributed by atoms with van der Waals surface area (Å²) in [6.07, 6.45) is 2.89. The fraction of sp³-hybridized carbons (Fsp3) is 0.565. The maximum Gasteiger partial charge on any atom is 0.212 e. The van der Waals surface area contributed by atoms with Crippen molar-refractivity contribution in [2.24, 2.45) is 5.92 Å². The Kier molecular flexibility index (Phi) is 6.62. The van der Waals surface area contributed by atoms with E-state index in [9.17, 15) is 4.79 Å². The van der Waals surface area contributed by atoms with Gasteiger partial charge in [-0.25, -0.2) is 4.98 Å². The molecule has 0 saturated heterocycles. The number of benzene rings is 1. The number of thiazole rings is 1. The minimum Gasteiger partial charge on any atom is -0.487 e. The highest BCUT2D eigenvalue weighted by Gasteiger charge is 2.48. The summed E-state index contributed by atoms with van der Waals surface area (Å²) >= 11 is 1.39. The molecular weight excluding hydrogens is 418 g/mol. The van der Waals surface area contributed by atoms with Gasteiger partial charge in [-0.15, -0.1) is 11.3 Å². The third-order valence-corrected chi connectivity index (χ3v) is 6.81. The number of rotatable bonds is 8. The summed E-state index contributed by atoms with van der Waals surface area (Å²) < 4.78 is 28.6. The predicted octanol–water partition coefficient (Wildman–Crippen LogP) is 4.40. The van der Waals surface area contributed by atoms with Crippen molar-refractivity contribution in [2.45, 2.75) is 50.7 Å². The van der Waals surface area contributed by atoms with E-state index >= 15 is 0 Å². The molecule has 2 aromatic rings. The molecule has 0 bridgehead atoms. The first kappa shape index (κ1) is 22.2. The molecule has 7 nitrogen and oxygen atoms in total. The van der Waals surface area contributed by atoms with Crippen LogP contribution in [0, 0.1) is 5.92 Å². The topological polar surface area (TPSA) is 76.1 Å². The van der Waals surface area contributed by atoms with E-state index in [-0.39, 0.29) is 37.0 Å². The van der Waals surface area contributed by atoms with E-state index in [0.717, 1.165) is 24.8 Å². The average molecular weight is 448 g/mol. The summed E-state index contributed by atoms with van der Waals surface area (Å²) in [6, 6.07) is 3.62. The van der Waals surface area contributed by atoms with Gasteiger partial charge in [0.15, 0.2) is 6.79 Å². The minimum atomic E-state index is -0.370. The highest BCUT2D eigenvalue weighted by molar-refractivity contribution is 7.07. The molecule has 2 heterocycles. The zero-order valence-electron chi connectivity index (χ0n) is 18.4. The molecule has 1 aliphatic carbocycles. The van der Waals surface area contributed by atoms with E-state index in [2.05, 4.69) is 18.8 Å². The van der Waals surface area contributed by atoms with Gasteiger partial charge in [0, 0.05) is 42.6 Å². The molecule has 0 N–H and O–H groups in total. The monoisotopic (exact) mass is 447 g/mol. The Hall–Kier alpha value is -2.00. The van der Waals surface area contributed by atoms with Crippen molar-refractivity contribution in [1.82, 2.24) is 4.98 Å². The van der Waals surface area contributed by atoms with Crippen LogP contribution in [0.1, 0.15) is 60.6 Å². The number of carbonyl (C=O) groups excluding carboxylic acids is 1. The smallest absolute Gasteiger partial charge is 0.212 e. The summed E-state index contributed by atoms with van der Waals surface area (Å²) in [5.41, 5.74) is 3.18. The zero-order valence-corrected chi connectivity index (χ0v) is 19.2. The highest BCUT2D eigenvalue weighted by atomic mass is 32.1. The van der Waals surface area contributed by atoms with Crippen LogP contribution in [0.4, 0.5) is 0 Å². The number of ether oxygens (including phenoxy) is 5. The molecule has 1 aliphatic heterocycles. The van der Waals surface area contributed by atoms with Crippen molar-refractivity contribution in [3.05, 3.63) is 39.8 Å². The Balaban J connectivity index is 1.76. The minimum absolute atomic E-state index is 0.0885. The van der Waals surface area contributed by atoms with Crippen LogP contribution < -0.4 is 9.47 Å². The number of carbonyl (C=O) groups is 1. The van der Waals surface area contributed by atoms with Crippen molar-refractivity contribution in [1.29, 1.82) is 0 Å². The van der Waals surface area contributed by atoms with E-state index in [4.69, 9.17) is 23.7 Å². The maximum atomic E-state index is 13.0. The third-order valence-electron chi connectivity index (χ3n) is 6.22. The number of aromatic nitrogens is 1. The lowest BCUT2D eigenvalue weighted by Gasteiger charge is -2.49. The van der Waals surface area contributed by atoms with Crippen LogP contribution in [0.2, 0.25) is 0 Å². The van der Waals surface area contributed by atoms with E-state index < -0.39 is 0 Å². The first-order valence-corrected chi connectivity index (χ1v) is 11.4. The molecule has 1 saturated carbocycles. The summed E-state index contributed by atoms with van der Waals surface area (Å²) in [5.74, 6) is 1.65. The summed E-state index contributed by atoms with van der Waals surface area (Å²) in [5, 5.41) is 1.75. The lowest BCUT2D eigenvalue weighted by Crippen LogP contribution is -2.48. The molecule has 1 aromatic heterocycles. The molecule has 31 heavy (non-hydrogen) atoms. The third kappa shape index (κ3) is 4.48. The molecule has 0 spiro atoms. The number of hydrogen-bond acceptors (Lipinski definition) is 8. The SMILES string of the molecule is COCOc1cc(C(=O)c2cscn2)cc2c1[C@@H]1C[C@H](OCOC)CC[C@H]1C(C)(C)O2. The first-order chi connectivity index (χ1) is 14.9. The number of ketones is 1. The van der Waals surface area contributed by atoms with E-state index in [1.807, 2.05) is 6.07 Å². The van der Waals surface area contributed by atoms with Gasteiger partial charge in [0.1, 0.15) is 29.6 Å². The fourth-order valence-electron chi connectivity index (χ4n) is 4.85. The van der Waals surface area contributed by atoms with Crippen molar-refractivity contribution < 1.29 is 28.5 Å². The van der Waals surface area contributed by atoms with Crippen LogP contribution in [0.15, 0.2) is 23.0 Å². The van der Waals surface area contributed by atoms with Gasteiger partial charge in [-0.2, -0.15) is 0 Å². The Bertz CT molecular complexity index is 913. The normalized spacial score (nSPS) is 24.1. The quantitative estimate of drug-likeness (QED) is 0.438. The summed E-state index contributed by atoms with van der Waals surface area (Å²) in [7, 11) is 3.21. The van der Waals surface area contributed by atoms with Crippen molar-refractivity contribution in [3.63, 3.8) is 0 Å². The first-order valence-electron chi connectivity index (χ1n) is 10.5. The van der Waals surface area contributed by atoms with Gasteiger partial charge in [-0.3, -0.25) is 4.79 Å². The van der Waals surface area contributed by atoms with Crippen molar-refractivity contribution in [2.75, 3.05) is 27.8 Å². The van der Waals surface area contributed by atoms with Crippen LogP contribution in [-0.4, -0.2) is 50.3 Å². The van der Waals surface area contributed by atoms with E-state index in [0.29, 0.717) is 28.7 Å². The Morgan fingerprint density at radius 1 is 1.23 bits per heavy atom. The van der Waals surface area contributed by atoms with Crippen LogP contribution in [0.5, 0.6) is 11.5 Å². The van der Waals surface area contributed by atoms with Gasteiger partial charge in [-0.05, 0) is 45.2 Å². The number of hydrogen-bond donors (Lipinski definition) is 0. The molecule has 4 rings (SSSR count). The Labute approximate surface area is 186 Å². The molecule has 3 atom stereocenters. The lowest BCUT2D eigenvalue weighted by molar-refractivity contribution is -0.105. The van der Waals surface area contributed by atoms with Gasteiger partial charge >= 0.3 is 0 Å². The van der Waals surface area contributed by atoms with Gasteiger partial charge in [-0.1, -0.05) is 0 Å². The number of fused-ring (bicyclic) bond motifs is 3. The number of nitrogens with zero attached hydrogens (tertiary/aromatic N) is 1. The Morgan fingerprint density at radius 3 is 2.74 bits per heavy atom. The molecule has 0 unspecified atom stereocenters. The van der Waals surface area contributed by atoms with Crippen molar-refractivity contribution >= 4 is 17.1 Å². The predicted molar refractivity (Wildman–Crippen MR) is 116 cm³/mol. The van der Waals surface area contributed by atoms with Gasteiger partial charge in [0.2, 0.25) is 5.78 Å².